The van der Waals surface area contributed by atoms with E-state index in [1.807, 2.05) is 0 Å². The number of halogens is 2. The Hall–Kier alpha value is 0.627. The Balaban J connectivity index is 0.000000415. The first-order valence-electron chi connectivity index (χ1n) is 10.4. The molecule has 4 aliphatic rings. The summed E-state index contributed by atoms with van der Waals surface area (Å²) in [4.78, 5) is 0. The molecule has 28 heavy (non-hydrogen) atoms. The van der Waals surface area contributed by atoms with E-state index >= 15 is 0 Å². The monoisotopic (exact) mass is 602 g/mol. The average molecular weight is 602 g/mol. The third-order valence-electron chi connectivity index (χ3n) is 5.78. The molecule has 0 aromatic rings. The van der Waals surface area contributed by atoms with E-state index in [-0.39, 0.29) is 30.3 Å². The van der Waals surface area contributed by atoms with Crippen LogP contribution in [0.3, 0.4) is 0 Å². The summed E-state index contributed by atoms with van der Waals surface area (Å²) in [6, 6.07) is 0. The van der Waals surface area contributed by atoms with Gasteiger partial charge in [0.2, 0.25) is 0 Å². The van der Waals surface area contributed by atoms with Crippen LogP contribution in [0.5, 0.6) is 0 Å². The summed E-state index contributed by atoms with van der Waals surface area (Å²) < 4.78 is 0. The van der Waals surface area contributed by atoms with Gasteiger partial charge in [-0.3, -0.25) is 0 Å². The summed E-state index contributed by atoms with van der Waals surface area (Å²) in [6.45, 7) is 9.23. The van der Waals surface area contributed by atoms with Crippen LogP contribution in [0.2, 0.25) is 13.1 Å². The van der Waals surface area contributed by atoms with Gasteiger partial charge in [-0.2, -0.15) is 11.8 Å². The fourth-order valence-corrected chi connectivity index (χ4v) is 4.32. The zero-order valence-corrected chi connectivity index (χ0v) is 23.9. The molecule has 0 N–H and O–H groups in total. The van der Waals surface area contributed by atoms with E-state index in [2.05, 4.69) is 88.4 Å². The van der Waals surface area contributed by atoms with Crippen molar-refractivity contribution in [1.29, 1.82) is 0 Å². The van der Waals surface area contributed by atoms with Crippen molar-refractivity contribution in [2.45, 2.75) is 52.6 Å². The minimum absolute atomic E-state index is 0. The first-order valence-corrected chi connectivity index (χ1v) is 18.3. The Morgan fingerprint density at radius 1 is 0.750 bits per heavy atom. The molecule has 0 saturated heterocycles. The van der Waals surface area contributed by atoms with Gasteiger partial charge in [0.1, 0.15) is 0 Å². The molecule has 4 aliphatic carbocycles. The fourth-order valence-electron chi connectivity index (χ4n) is 4.32. The van der Waals surface area contributed by atoms with Gasteiger partial charge in [0.25, 0.3) is 0 Å². The summed E-state index contributed by atoms with van der Waals surface area (Å²) in [5, 5.41) is 0. The zero-order chi connectivity index (χ0) is 18.9. The molecule has 0 bridgehead atoms. The minimum atomic E-state index is 0. The van der Waals surface area contributed by atoms with Crippen LogP contribution in [-0.2, 0) is 23.0 Å². The Morgan fingerprint density at radius 3 is 1.36 bits per heavy atom. The SMILES string of the molecule is CCC1[CH-]C2C=CC=CC2C1.CCC1[CH-]C2C=CC=CC2C1.C[Si](C)=[Hf+2].[Cl-].[Cl-]. The van der Waals surface area contributed by atoms with Gasteiger partial charge in [-0.1, -0.05) is 76.0 Å². The van der Waals surface area contributed by atoms with Crippen molar-refractivity contribution in [3.63, 3.8) is 0 Å². The van der Waals surface area contributed by atoms with Crippen LogP contribution in [0.4, 0.5) is 0 Å². The molecule has 0 aromatic heterocycles. The van der Waals surface area contributed by atoms with Gasteiger partial charge < -0.3 is 37.7 Å². The molecule has 156 valence electrons. The summed E-state index contributed by atoms with van der Waals surface area (Å²) >= 11 is 1.45. The van der Waals surface area contributed by atoms with Crippen molar-refractivity contribution < 1.29 is 47.8 Å². The molecule has 0 nitrogen and oxygen atoms in total. The molecular formula is C24H36Cl2HfSi-2. The smallest absolute Gasteiger partial charge is 1.00 e. The molecule has 2 fully saturated rings. The molecular weight excluding hydrogens is 566 g/mol. The summed E-state index contributed by atoms with van der Waals surface area (Å²) in [5.41, 5.74) is 0.259. The number of rotatable bonds is 2. The van der Waals surface area contributed by atoms with Gasteiger partial charge in [-0.25, -0.2) is 0 Å². The largest absolute Gasteiger partial charge is 1.00 e. The van der Waals surface area contributed by atoms with Crippen molar-refractivity contribution in [2.24, 2.45) is 35.5 Å². The predicted molar refractivity (Wildman–Crippen MR) is 113 cm³/mol. The normalized spacial score (nSPS) is 33.2. The summed E-state index contributed by atoms with van der Waals surface area (Å²) in [6.07, 6.45) is 28.5. The van der Waals surface area contributed by atoms with Crippen LogP contribution in [0.25, 0.3) is 0 Å². The van der Waals surface area contributed by atoms with Crippen LogP contribution in [0.1, 0.15) is 39.5 Å². The summed E-state index contributed by atoms with van der Waals surface area (Å²) in [5.74, 6) is 4.90. The molecule has 0 heterocycles. The van der Waals surface area contributed by atoms with Crippen LogP contribution in [-0.4, -0.2) is 5.49 Å². The molecule has 0 radical (unpaired) electrons. The van der Waals surface area contributed by atoms with Gasteiger partial charge in [-0.15, -0.1) is 24.0 Å². The molecule has 0 amide bonds. The second kappa shape index (κ2) is 15.4. The van der Waals surface area contributed by atoms with Gasteiger partial charge in [0.05, 0.1) is 0 Å². The van der Waals surface area contributed by atoms with Crippen LogP contribution in [0.15, 0.2) is 48.6 Å². The number of hydrogen-bond donors (Lipinski definition) is 0. The third-order valence-corrected chi connectivity index (χ3v) is 5.78. The Kier molecular flexibility index (Phi) is 15.8. The second-order valence-electron chi connectivity index (χ2n) is 8.21. The van der Waals surface area contributed by atoms with Crippen molar-refractivity contribution in [3.05, 3.63) is 61.4 Å². The number of allylic oxidation sites excluding steroid dienone is 8. The Bertz CT molecular complexity index is 479. The number of hydrogen-bond acceptors (Lipinski definition) is 0. The van der Waals surface area contributed by atoms with Crippen molar-refractivity contribution in [1.82, 2.24) is 0 Å². The third kappa shape index (κ3) is 9.62. The second-order valence-corrected chi connectivity index (χ2v) is 21.0. The van der Waals surface area contributed by atoms with Gasteiger partial charge >= 0.3 is 41.6 Å². The molecule has 4 heteroatoms. The molecule has 0 aromatic carbocycles. The Labute approximate surface area is 201 Å². The van der Waals surface area contributed by atoms with Gasteiger partial charge in [0, 0.05) is 0 Å². The first kappa shape index (κ1) is 28.6. The maximum absolute atomic E-state index is 2.52. The van der Waals surface area contributed by atoms with E-state index < -0.39 is 0 Å². The van der Waals surface area contributed by atoms with Crippen molar-refractivity contribution in [2.75, 3.05) is 0 Å². The first-order chi connectivity index (χ1) is 12.5. The van der Waals surface area contributed by atoms with E-state index in [4.69, 9.17) is 0 Å². The van der Waals surface area contributed by atoms with Gasteiger partial charge in [0.15, 0.2) is 0 Å². The van der Waals surface area contributed by atoms with Crippen LogP contribution < -0.4 is 24.8 Å². The fraction of sp³-hybridized carbons (Fsp3) is 0.583. The summed E-state index contributed by atoms with van der Waals surface area (Å²) in [7, 11) is 0. The van der Waals surface area contributed by atoms with Crippen molar-refractivity contribution >= 4 is 5.49 Å². The van der Waals surface area contributed by atoms with Crippen LogP contribution in [0, 0.1) is 48.3 Å². The van der Waals surface area contributed by atoms with E-state index in [9.17, 15) is 0 Å². The van der Waals surface area contributed by atoms with Crippen LogP contribution >= 0.6 is 0 Å². The zero-order valence-electron chi connectivity index (χ0n) is 17.8. The molecule has 4 rings (SSSR count). The molecule has 0 spiro atoms. The van der Waals surface area contributed by atoms with E-state index in [0.29, 0.717) is 0 Å². The van der Waals surface area contributed by atoms with E-state index in [1.165, 1.54) is 48.7 Å². The molecule has 6 unspecified atom stereocenters. The topological polar surface area (TPSA) is 0 Å². The van der Waals surface area contributed by atoms with Gasteiger partial charge in [-0.05, 0) is 11.8 Å². The van der Waals surface area contributed by atoms with E-state index in [1.54, 1.807) is 0 Å². The van der Waals surface area contributed by atoms with E-state index in [0.717, 1.165) is 35.5 Å². The molecule has 2 saturated carbocycles. The molecule has 0 aliphatic heterocycles. The maximum Gasteiger partial charge on any atom is -1.00 e. The average Bonchev–Trinajstić information content (AvgIpc) is 3.24. The Morgan fingerprint density at radius 2 is 1.07 bits per heavy atom. The minimum Gasteiger partial charge on any atom is -1.00 e. The standard InChI is InChI=1S/2C11H15.C2H6Si.2ClH.Hf/c2*1-2-9-7-10-5-3-4-6-11(10)8-9;1-3-2;;;/h2*3-7,9-11H,2,8H2,1H3;1-2H3;2*1H;/q2*-1;;;;+2/p-2. The molecule has 6 atom stereocenters. The quantitative estimate of drug-likeness (QED) is 0.324. The predicted octanol–water partition coefficient (Wildman–Crippen LogP) is 0.750. The number of fused-ring (bicyclic) bond motifs is 2. The van der Waals surface area contributed by atoms with Crippen molar-refractivity contribution in [3.8, 4) is 0 Å². The maximum atomic E-state index is 2.52.